The number of rotatable bonds is 17. The van der Waals surface area contributed by atoms with Crippen molar-refractivity contribution in [3.05, 3.63) is 0 Å². The number of hydrogen-bond acceptors (Lipinski definition) is 8. The van der Waals surface area contributed by atoms with Crippen LogP contribution in [-0.4, -0.2) is 78.0 Å². The molecule has 0 rings (SSSR count). The fourth-order valence-corrected chi connectivity index (χ4v) is 1.76. The molecule has 0 saturated heterocycles. The molecule has 0 spiro atoms. The molecule has 0 atom stereocenters. The van der Waals surface area contributed by atoms with Gasteiger partial charge in [-0.3, -0.25) is 9.59 Å². The minimum atomic E-state index is -0.924. The molecule has 0 bridgehead atoms. The first-order chi connectivity index (χ1) is 12.2. The first-order valence-corrected chi connectivity index (χ1v) is 8.81. The molecule has 0 unspecified atom stereocenters. The Morgan fingerprint density at radius 3 is 1.32 bits per heavy atom. The molecule has 0 aliphatic rings. The van der Waals surface area contributed by atoms with Crippen LogP contribution in [0.15, 0.2) is 0 Å². The molecule has 0 amide bonds. The highest BCUT2D eigenvalue weighted by molar-refractivity contribution is 5.94. The third kappa shape index (κ3) is 13.7. The zero-order valence-corrected chi connectivity index (χ0v) is 15.6. The zero-order valence-electron chi connectivity index (χ0n) is 15.6. The molecule has 0 aliphatic carbocycles. The van der Waals surface area contributed by atoms with Gasteiger partial charge in [-0.15, -0.1) is 0 Å². The summed E-state index contributed by atoms with van der Waals surface area (Å²) in [6, 6.07) is 0. The highest BCUT2D eigenvalue weighted by Crippen LogP contribution is 2.08. The molecule has 148 valence electrons. The zero-order chi connectivity index (χ0) is 18.8. The van der Waals surface area contributed by atoms with Crippen molar-refractivity contribution in [1.29, 1.82) is 0 Å². The van der Waals surface area contributed by atoms with Crippen LogP contribution in [0.25, 0.3) is 0 Å². The van der Waals surface area contributed by atoms with Gasteiger partial charge >= 0.3 is 11.9 Å². The van der Waals surface area contributed by atoms with E-state index in [1.54, 1.807) is 6.92 Å². The topological polar surface area (TPSA) is 89.5 Å². The van der Waals surface area contributed by atoms with Crippen molar-refractivity contribution >= 4 is 11.9 Å². The molecule has 0 radical (unpaired) electrons. The number of carbonyl (C=O) groups excluding carboxylic acids is 2. The molecular formula is C17H32O8. The highest BCUT2D eigenvalue weighted by atomic mass is 16.6. The Labute approximate surface area is 150 Å². The van der Waals surface area contributed by atoms with E-state index in [9.17, 15) is 9.59 Å². The van der Waals surface area contributed by atoms with Crippen molar-refractivity contribution in [2.75, 3.05) is 66.1 Å². The fourth-order valence-electron chi connectivity index (χ4n) is 1.76. The van der Waals surface area contributed by atoms with E-state index in [0.29, 0.717) is 46.1 Å². The number of ether oxygens (including phenoxy) is 6. The second-order valence-corrected chi connectivity index (χ2v) is 4.91. The lowest BCUT2D eigenvalue weighted by molar-refractivity contribution is -0.164. The van der Waals surface area contributed by atoms with Crippen LogP contribution in [0.1, 0.15) is 27.2 Å². The van der Waals surface area contributed by atoms with Crippen molar-refractivity contribution in [3.8, 4) is 0 Å². The van der Waals surface area contributed by atoms with Crippen LogP contribution in [0.3, 0.4) is 0 Å². The van der Waals surface area contributed by atoms with Crippen molar-refractivity contribution < 1.29 is 38.0 Å². The van der Waals surface area contributed by atoms with E-state index < -0.39 is 17.9 Å². The number of hydrogen-bond donors (Lipinski definition) is 0. The molecule has 0 N–H and O–H groups in total. The Morgan fingerprint density at radius 2 is 0.960 bits per heavy atom. The van der Waals surface area contributed by atoms with Crippen molar-refractivity contribution in [2.45, 2.75) is 27.2 Å². The van der Waals surface area contributed by atoms with E-state index >= 15 is 0 Å². The summed E-state index contributed by atoms with van der Waals surface area (Å²) >= 11 is 0. The first-order valence-electron chi connectivity index (χ1n) is 8.81. The van der Waals surface area contributed by atoms with Crippen LogP contribution >= 0.6 is 0 Å². The lowest BCUT2D eigenvalue weighted by atomic mass is 10.1. The maximum absolute atomic E-state index is 11.9. The lowest BCUT2D eigenvalue weighted by Gasteiger charge is -2.14. The molecule has 8 heteroatoms. The average molecular weight is 364 g/mol. The van der Waals surface area contributed by atoms with E-state index in [2.05, 4.69) is 0 Å². The Kier molecular flexibility index (Phi) is 16.7. The molecule has 8 nitrogen and oxygen atoms in total. The minimum absolute atomic E-state index is 0.0925. The Morgan fingerprint density at radius 1 is 0.600 bits per heavy atom. The van der Waals surface area contributed by atoms with Crippen LogP contribution < -0.4 is 0 Å². The molecule has 0 aromatic carbocycles. The molecule has 0 saturated carbocycles. The van der Waals surface area contributed by atoms with Gasteiger partial charge in [-0.05, 0) is 20.3 Å². The maximum atomic E-state index is 11.9. The SMILES string of the molecule is CCOCCOCCOC(=O)C(CC)C(=O)OCCOCCOCC. The summed E-state index contributed by atoms with van der Waals surface area (Å²) in [5.41, 5.74) is 0. The number of carbonyl (C=O) groups is 2. The predicted octanol–water partition coefficient (Wildman–Crippen LogP) is 1.21. The van der Waals surface area contributed by atoms with Crippen LogP contribution in [-0.2, 0) is 38.0 Å². The first kappa shape index (κ1) is 23.8. The van der Waals surface area contributed by atoms with Gasteiger partial charge in [0, 0.05) is 13.2 Å². The molecule has 0 aliphatic heterocycles. The van der Waals surface area contributed by atoms with Crippen LogP contribution in [0.4, 0.5) is 0 Å². The van der Waals surface area contributed by atoms with Gasteiger partial charge in [-0.25, -0.2) is 0 Å². The van der Waals surface area contributed by atoms with Crippen LogP contribution in [0, 0.1) is 5.92 Å². The largest absolute Gasteiger partial charge is 0.463 e. The molecule has 0 heterocycles. The van der Waals surface area contributed by atoms with Gasteiger partial charge in [-0.2, -0.15) is 0 Å². The van der Waals surface area contributed by atoms with Gasteiger partial charge in [0.1, 0.15) is 13.2 Å². The Hall–Kier alpha value is -1.22. The fraction of sp³-hybridized carbons (Fsp3) is 0.882. The quantitative estimate of drug-likeness (QED) is 0.216. The predicted molar refractivity (Wildman–Crippen MR) is 90.3 cm³/mol. The van der Waals surface area contributed by atoms with E-state index in [4.69, 9.17) is 28.4 Å². The van der Waals surface area contributed by atoms with E-state index in [1.165, 1.54) is 0 Å². The normalized spacial score (nSPS) is 10.9. The smallest absolute Gasteiger partial charge is 0.320 e. The molecule has 0 aromatic rings. The van der Waals surface area contributed by atoms with Crippen molar-refractivity contribution in [2.24, 2.45) is 5.92 Å². The van der Waals surface area contributed by atoms with Gasteiger partial charge in [0.05, 0.1) is 39.6 Å². The monoisotopic (exact) mass is 364 g/mol. The average Bonchev–Trinajstić information content (AvgIpc) is 2.60. The minimum Gasteiger partial charge on any atom is -0.463 e. The Balaban J connectivity index is 3.77. The summed E-state index contributed by atoms with van der Waals surface area (Å²) in [6.07, 6.45) is 0.314. The number of esters is 2. The van der Waals surface area contributed by atoms with Crippen LogP contribution in [0.2, 0.25) is 0 Å². The lowest BCUT2D eigenvalue weighted by Crippen LogP contribution is -2.29. The van der Waals surface area contributed by atoms with Gasteiger partial charge in [0.15, 0.2) is 5.92 Å². The summed E-state index contributed by atoms with van der Waals surface area (Å²) < 4.78 is 30.8. The standard InChI is InChI=1S/C17H32O8/c1-4-15(16(18)24-13-11-22-9-7-20-5-2)17(19)25-14-12-23-10-8-21-6-3/h15H,4-14H2,1-3H3. The molecule has 0 fully saturated rings. The van der Waals surface area contributed by atoms with Crippen molar-refractivity contribution in [1.82, 2.24) is 0 Å². The van der Waals surface area contributed by atoms with E-state index in [-0.39, 0.29) is 26.4 Å². The Bertz CT molecular complexity index is 305. The maximum Gasteiger partial charge on any atom is 0.320 e. The molecular weight excluding hydrogens is 332 g/mol. The summed E-state index contributed by atoms with van der Waals surface area (Å²) in [4.78, 5) is 23.8. The van der Waals surface area contributed by atoms with Crippen LogP contribution in [0.5, 0.6) is 0 Å². The third-order valence-corrected chi connectivity index (χ3v) is 3.07. The summed E-state index contributed by atoms with van der Waals surface area (Å²) in [6.45, 7) is 9.39. The van der Waals surface area contributed by atoms with Gasteiger partial charge < -0.3 is 28.4 Å². The van der Waals surface area contributed by atoms with E-state index in [0.717, 1.165) is 0 Å². The van der Waals surface area contributed by atoms with Gasteiger partial charge in [0.2, 0.25) is 0 Å². The second-order valence-electron chi connectivity index (χ2n) is 4.91. The molecule has 25 heavy (non-hydrogen) atoms. The summed E-state index contributed by atoms with van der Waals surface area (Å²) in [7, 11) is 0. The van der Waals surface area contributed by atoms with Gasteiger partial charge in [-0.1, -0.05) is 6.92 Å². The summed E-state index contributed by atoms with van der Waals surface area (Å²) in [5, 5.41) is 0. The van der Waals surface area contributed by atoms with Crippen molar-refractivity contribution in [3.63, 3.8) is 0 Å². The molecule has 0 aromatic heterocycles. The third-order valence-electron chi connectivity index (χ3n) is 3.07. The second kappa shape index (κ2) is 17.6. The van der Waals surface area contributed by atoms with E-state index in [1.807, 2.05) is 13.8 Å². The van der Waals surface area contributed by atoms with Gasteiger partial charge in [0.25, 0.3) is 0 Å². The summed E-state index contributed by atoms with van der Waals surface area (Å²) in [5.74, 6) is -2.12. The highest BCUT2D eigenvalue weighted by Gasteiger charge is 2.27.